The lowest BCUT2D eigenvalue weighted by molar-refractivity contribution is -0.145. The van der Waals surface area contributed by atoms with E-state index in [0.717, 1.165) is 16.7 Å². The molecule has 0 aliphatic heterocycles. The van der Waals surface area contributed by atoms with Crippen molar-refractivity contribution in [3.05, 3.63) is 125 Å². The summed E-state index contributed by atoms with van der Waals surface area (Å²) in [7, 11) is 1.45. The van der Waals surface area contributed by atoms with Crippen LogP contribution in [0, 0.1) is 0 Å². The van der Waals surface area contributed by atoms with Gasteiger partial charge in [0.2, 0.25) is 5.75 Å². The van der Waals surface area contributed by atoms with Crippen molar-refractivity contribution < 1.29 is 47.6 Å². The van der Waals surface area contributed by atoms with Crippen LogP contribution in [0.1, 0.15) is 63.3 Å². The average Bonchev–Trinajstić information content (AvgIpc) is 3.16. The van der Waals surface area contributed by atoms with Crippen molar-refractivity contribution in [1.82, 2.24) is 10.2 Å². The minimum atomic E-state index is -1.20. The molecule has 2 amide bonds. The Kier molecular flexibility index (Phi) is 15.5. The normalized spacial score (nSPS) is 11.5. The molecule has 0 radical (unpaired) electrons. The molecule has 12 nitrogen and oxygen atoms in total. The molecule has 1 N–H and O–H groups in total. The van der Waals surface area contributed by atoms with Crippen LogP contribution in [0.25, 0.3) is 0 Å². The number of amides is 2. The minimum absolute atomic E-state index is 0.00746. The van der Waals surface area contributed by atoms with Gasteiger partial charge in [0.15, 0.2) is 11.5 Å². The van der Waals surface area contributed by atoms with Crippen molar-refractivity contribution in [3.63, 3.8) is 0 Å². The van der Waals surface area contributed by atoms with Crippen LogP contribution in [0.15, 0.2) is 103 Å². The fourth-order valence-corrected chi connectivity index (χ4v) is 5.26. The Bertz CT molecular complexity index is 1840. The Labute approximate surface area is 322 Å². The molecule has 0 saturated carbocycles. The highest BCUT2D eigenvalue weighted by Crippen LogP contribution is 2.42. The van der Waals surface area contributed by atoms with Gasteiger partial charge in [-0.3, -0.25) is 4.79 Å². The number of alkyl carbamates (subject to hydrolysis) is 1. The van der Waals surface area contributed by atoms with Gasteiger partial charge in [-0.25, -0.2) is 14.4 Å². The van der Waals surface area contributed by atoms with E-state index in [1.807, 2.05) is 91.0 Å². The van der Waals surface area contributed by atoms with Crippen LogP contribution in [0.5, 0.6) is 17.2 Å². The third-order valence-corrected chi connectivity index (χ3v) is 7.85. The molecule has 0 aliphatic carbocycles. The van der Waals surface area contributed by atoms with Crippen molar-refractivity contribution in [2.45, 2.75) is 85.0 Å². The molecule has 0 saturated heterocycles. The average molecular weight is 755 g/mol. The molecule has 0 spiro atoms. The fraction of sp³-hybridized carbons (Fsp3) is 0.349. The van der Waals surface area contributed by atoms with Crippen molar-refractivity contribution in [1.29, 1.82) is 0 Å². The molecule has 4 aromatic carbocycles. The molecule has 4 rings (SSSR count). The van der Waals surface area contributed by atoms with Gasteiger partial charge in [-0.05, 0) is 63.4 Å². The van der Waals surface area contributed by atoms with E-state index < -0.39 is 35.8 Å². The van der Waals surface area contributed by atoms with Crippen LogP contribution in [0.4, 0.5) is 9.59 Å². The van der Waals surface area contributed by atoms with Gasteiger partial charge in [0, 0.05) is 18.5 Å². The lowest BCUT2D eigenvalue weighted by atomic mass is 10.1. The number of rotatable bonds is 17. The van der Waals surface area contributed by atoms with Crippen LogP contribution >= 0.6 is 0 Å². The van der Waals surface area contributed by atoms with Gasteiger partial charge >= 0.3 is 24.1 Å². The summed E-state index contributed by atoms with van der Waals surface area (Å²) in [5.74, 6) is -0.993. The molecule has 0 fully saturated rings. The quantitative estimate of drug-likeness (QED) is 0.0646. The van der Waals surface area contributed by atoms with E-state index in [2.05, 4.69) is 5.32 Å². The zero-order valence-corrected chi connectivity index (χ0v) is 32.2. The first-order valence-electron chi connectivity index (χ1n) is 18.1. The van der Waals surface area contributed by atoms with Gasteiger partial charge in [-0.15, -0.1) is 0 Å². The molecule has 55 heavy (non-hydrogen) atoms. The summed E-state index contributed by atoms with van der Waals surface area (Å²) in [6.07, 6.45) is -1.96. The number of carbonyl (C=O) groups excluding carboxylic acids is 4. The van der Waals surface area contributed by atoms with Crippen LogP contribution < -0.4 is 19.5 Å². The summed E-state index contributed by atoms with van der Waals surface area (Å²) >= 11 is 0. The van der Waals surface area contributed by atoms with E-state index in [0.29, 0.717) is 5.56 Å². The van der Waals surface area contributed by atoms with E-state index in [1.54, 1.807) is 46.8 Å². The monoisotopic (exact) mass is 754 g/mol. The minimum Gasteiger partial charge on any atom is -0.493 e. The zero-order chi connectivity index (χ0) is 39.8. The topological polar surface area (TPSA) is 139 Å². The summed E-state index contributed by atoms with van der Waals surface area (Å²) in [5.41, 5.74) is 1.85. The number of benzene rings is 4. The van der Waals surface area contributed by atoms with Crippen molar-refractivity contribution in [2.75, 3.05) is 13.7 Å². The van der Waals surface area contributed by atoms with E-state index >= 15 is 0 Å². The Morgan fingerprint density at radius 3 is 1.84 bits per heavy atom. The molecular formula is C43H50N2O10. The highest BCUT2D eigenvalue weighted by molar-refractivity contribution is 5.84. The van der Waals surface area contributed by atoms with E-state index in [-0.39, 0.29) is 62.5 Å². The first-order chi connectivity index (χ1) is 26.3. The van der Waals surface area contributed by atoms with Crippen LogP contribution in [-0.2, 0) is 50.0 Å². The summed E-state index contributed by atoms with van der Waals surface area (Å²) in [5, 5.41) is 2.66. The van der Waals surface area contributed by atoms with Gasteiger partial charge in [0.1, 0.15) is 24.9 Å². The molecule has 0 bridgehead atoms. The number of hydrogen-bond donors (Lipinski definition) is 1. The fourth-order valence-electron chi connectivity index (χ4n) is 5.26. The lowest BCUT2D eigenvalue weighted by Gasteiger charge is -2.28. The predicted octanol–water partition coefficient (Wildman–Crippen LogP) is 7.80. The SMILES string of the molecule is COc1ccc(CN(CCC(=O)OCc2ccccc2)C(=O)OC(C)(C)C)c(OC(=O)[C@H](Cc2ccccc2)NC(=O)OCc2ccccc2)c1OC(C)C. The zero-order valence-electron chi connectivity index (χ0n) is 32.2. The Hall–Kier alpha value is -6.04. The molecule has 0 aromatic heterocycles. The second-order valence-corrected chi connectivity index (χ2v) is 13.9. The third-order valence-electron chi connectivity index (χ3n) is 7.85. The van der Waals surface area contributed by atoms with Gasteiger partial charge in [-0.2, -0.15) is 0 Å². The van der Waals surface area contributed by atoms with Crippen molar-refractivity contribution >= 4 is 24.1 Å². The largest absolute Gasteiger partial charge is 0.493 e. The number of esters is 2. The van der Waals surface area contributed by atoms with Crippen molar-refractivity contribution in [2.24, 2.45) is 0 Å². The molecule has 292 valence electrons. The number of methoxy groups -OCH3 is 1. The highest BCUT2D eigenvalue weighted by atomic mass is 16.6. The number of ether oxygens (including phenoxy) is 6. The summed E-state index contributed by atoms with van der Waals surface area (Å²) in [4.78, 5) is 55.0. The van der Waals surface area contributed by atoms with Gasteiger partial charge in [-0.1, -0.05) is 91.0 Å². The Morgan fingerprint density at radius 2 is 1.29 bits per heavy atom. The molecule has 0 aliphatic rings. The Balaban J connectivity index is 1.63. The van der Waals surface area contributed by atoms with Crippen LogP contribution in [-0.4, -0.2) is 60.4 Å². The molecule has 0 unspecified atom stereocenters. The van der Waals surface area contributed by atoms with Crippen LogP contribution in [0.3, 0.4) is 0 Å². The van der Waals surface area contributed by atoms with E-state index in [9.17, 15) is 19.2 Å². The number of nitrogens with zero attached hydrogens (tertiary/aromatic N) is 1. The third kappa shape index (κ3) is 14.0. The maximum atomic E-state index is 14.2. The highest BCUT2D eigenvalue weighted by Gasteiger charge is 2.30. The molecule has 12 heteroatoms. The molecule has 4 aromatic rings. The maximum Gasteiger partial charge on any atom is 0.410 e. The number of carbonyl (C=O) groups is 4. The number of hydrogen-bond acceptors (Lipinski definition) is 10. The molecular weight excluding hydrogens is 704 g/mol. The standard InChI is InChI=1S/C43H50N2O10/c1-30(2)53-39-36(50-6)23-22-34(27-45(42(49)55-43(3,4)5)25-24-37(46)51-28-32-18-12-8-13-19-32)38(39)54-40(47)35(26-31-16-10-7-11-17-31)44-41(48)52-29-33-20-14-9-15-21-33/h7-23,30,35H,24-29H2,1-6H3,(H,44,48)/t35-/m0/s1. The lowest BCUT2D eigenvalue weighted by Crippen LogP contribution is -2.45. The number of nitrogens with one attached hydrogen (secondary N) is 1. The Morgan fingerprint density at radius 1 is 0.727 bits per heavy atom. The summed E-state index contributed by atoms with van der Waals surface area (Å²) in [6, 6.07) is 29.6. The summed E-state index contributed by atoms with van der Waals surface area (Å²) < 4.78 is 34.5. The van der Waals surface area contributed by atoms with E-state index in [4.69, 9.17) is 28.4 Å². The van der Waals surface area contributed by atoms with E-state index in [1.165, 1.54) is 12.0 Å². The van der Waals surface area contributed by atoms with Gasteiger partial charge < -0.3 is 38.6 Å². The molecule has 1 atom stereocenters. The van der Waals surface area contributed by atoms with Crippen LogP contribution in [0.2, 0.25) is 0 Å². The first-order valence-corrected chi connectivity index (χ1v) is 18.1. The molecule has 0 heterocycles. The second kappa shape index (κ2) is 20.4. The van der Waals surface area contributed by atoms with Crippen molar-refractivity contribution in [3.8, 4) is 17.2 Å². The second-order valence-electron chi connectivity index (χ2n) is 13.9. The smallest absolute Gasteiger partial charge is 0.410 e. The predicted molar refractivity (Wildman–Crippen MR) is 206 cm³/mol. The first kappa shape index (κ1) is 41.7. The summed E-state index contributed by atoms with van der Waals surface area (Å²) in [6.45, 7) is 8.64. The maximum absolute atomic E-state index is 14.2. The van der Waals surface area contributed by atoms with Gasteiger partial charge in [0.25, 0.3) is 0 Å². The van der Waals surface area contributed by atoms with Gasteiger partial charge in [0.05, 0.1) is 26.2 Å².